The Kier molecular flexibility index (Phi) is 5.94. The summed E-state index contributed by atoms with van der Waals surface area (Å²) < 4.78 is 16.4. The van der Waals surface area contributed by atoms with Crippen LogP contribution in [0.5, 0.6) is 0 Å². The predicted octanol–water partition coefficient (Wildman–Crippen LogP) is 2.04. The van der Waals surface area contributed by atoms with Gasteiger partial charge in [-0.15, -0.1) is 0 Å². The quantitative estimate of drug-likeness (QED) is 0.826. The first kappa shape index (κ1) is 15.4. The molecule has 1 aromatic heterocycles. The molecule has 1 aromatic rings. The molecule has 6 heteroatoms. The summed E-state index contributed by atoms with van der Waals surface area (Å²) in [6.07, 6.45) is 2.82. The Labute approximate surface area is 120 Å². The Hall–Kier alpha value is -0.980. The maximum atomic E-state index is 5.57. The van der Waals surface area contributed by atoms with Gasteiger partial charge in [0, 0.05) is 19.8 Å². The molecule has 114 valence electrons. The maximum Gasteiger partial charge on any atom is 0.233 e. The first-order valence-electron chi connectivity index (χ1n) is 7.47. The number of nitrogens with zero attached hydrogens (tertiary/aromatic N) is 2. The lowest BCUT2D eigenvalue weighted by Gasteiger charge is -2.29. The SMILES string of the molecule is CCCNC1CCOCC1c1nc(C(CC)OC)no1. The molecule has 6 nitrogen and oxygen atoms in total. The number of rotatable bonds is 7. The summed E-state index contributed by atoms with van der Waals surface area (Å²) in [4.78, 5) is 4.51. The molecule has 1 N–H and O–H groups in total. The van der Waals surface area contributed by atoms with Crippen LogP contribution >= 0.6 is 0 Å². The monoisotopic (exact) mass is 283 g/mol. The van der Waals surface area contributed by atoms with Gasteiger partial charge in [0.05, 0.1) is 12.5 Å². The normalized spacial score (nSPS) is 24.8. The molecule has 1 fully saturated rings. The summed E-state index contributed by atoms with van der Waals surface area (Å²) in [6, 6.07) is 0.347. The fourth-order valence-electron chi connectivity index (χ4n) is 2.54. The van der Waals surface area contributed by atoms with Crippen molar-refractivity contribution in [1.82, 2.24) is 15.5 Å². The van der Waals surface area contributed by atoms with Crippen molar-refractivity contribution in [3.63, 3.8) is 0 Å². The molecule has 1 aliphatic heterocycles. The predicted molar refractivity (Wildman–Crippen MR) is 74.6 cm³/mol. The standard InChI is InChI=1S/C14H25N3O3/c1-4-7-15-11-6-8-19-9-10(11)14-16-13(17-20-14)12(5-2)18-3/h10-12,15H,4-9H2,1-3H3. The first-order chi connectivity index (χ1) is 9.80. The van der Waals surface area contributed by atoms with Crippen molar-refractivity contribution in [2.24, 2.45) is 0 Å². The second-order valence-electron chi connectivity index (χ2n) is 5.15. The van der Waals surface area contributed by atoms with Gasteiger partial charge in [-0.05, 0) is 25.8 Å². The third-order valence-corrected chi connectivity index (χ3v) is 3.73. The third kappa shape index (κ3) is 3.56. The van der Waals surface area contributed by atoms with E-state index >= 15 is 0 Å². The second kappa shape index (κ2) is 7.71. The molecule has 1 saturated heterocycles. The van der Waals surface area contributed by atoms with Gasteiger partial charge in [0.1, 0.15) is 6.10 Å². The summed E-state index contributed by atoms with van der Waals surface area (Å²) in [5.74, 6) is 1.42. The largest absolute Gasteiger partial charge is 0.381 e. The molecule has 0 radical (unpaired) electrons. The average Bonchev–Trinajstić information content (AvgIpc) is 2.96. The second-order valence-corrected chi connectivity index (χ2v) is 5.15. The van der Waals surface area contributed by atoms with E-state index in [1.165, 1.54) is 0 Å². The van der Waals surface area contributed by atoms with Crippen molar-refractivity contribution in [2.45, 2.75) is 51.2 Å². The number of hydrogen-bond acceptors (Lipinski definition) is 6. The lowest BCUT2D eigenvalue weighted by Crippen LogP contribution is -2.41. The zero-order valence-electron chi connectivity index (χ0n) is 12.6. The molecule has 0 aromatic carbocycles. The molecule has 0 bridgehead atoms. The summed E-state index contributed by atoms with van der Waals surface area (Å²) in [5.41, 5.74) is 0. The molecule has 0 saturated carbocycles. The van der Waals surface area contributed by atoms with Crippen LogP contribution in [-0.4, -0.2) is 43.1 Å². The lowest BCUT2D eigenvalue weighted by molar-refractivity contribution is 0.0498. The van der Waals surface area contributed by atoms with Gasteiger partial charge in [0.15, 0.2) is 0 Å². The third-order valence-electron chi connectivity index (χ3n) is 3.73. The van der Waals surface area contributed by atoms with Crippen molar-refractivity contribution in [1.29, 1.82) is 0 Å². The number of aromatic nitrogens is 2. The molecule has 20 heavy (non-hydrogen) atoms. The van der Waals surface area contributed by atoms with E-state index < -0.39 is 0 Å². The Morgan fingerprint density at radius 2 is 2.30 bits per heavy atom. The highest BCUT2D eigenvalue weighted by Crippen LogP contribution is 2.26. The van der Waals surface area contributed by atoms with E-state index in [1.54, 1.807) is 7.11 Å². The molecule has 1 aliphatic rings. The van der Waals surface area contributed by atoms with E-state index in [2.05, 4.69) is 22.4 Å². The van der Waals surface area contributed by atoms with Gasteiger partial charge in [-0.1, -0.05) is 19.0 Å². The minimum absolute atomic E-state index is 0.0981. The fourth-order valence-corrected chi connectivity index (χ4v) is 2.54. The highest BCUT2D eigenvalue weighted by molar-refractivity contribution is 5.02. The molecule has 2 heterocycles. The van der Waals surface area contributed by atoms with E-state index in [4.69, 9.17) is 14.0 Å². The van der Waals surface area contributed by atoms with Crippen LogP contribution < -0.4 is 5.32 Å². The van der Waals surface area contributed by atoms with Crippen LogP contribution in [0.1, 0.15) is 56.8 Å². The van der Waals surface area contributed by atoms with Crippen molar-refractivity contribution in [3.8, 4) is 0 Å². The molecule has 2 rings (SSSR count). The topological polar surface area (TPSA) is 69.4 Å². The van der Waals surface area contributed by atoms with Crippen molar-refractivity contribution >= 4 is 0 Å². The van der Waals surface area contributed by atoms with Gasteiger partial charge >= 0.3 is 0 Å². The Bertz CT molecular complexity index is 393. The Morgan fingerprint density at radius 3 is 3.00 bits per heavy atom. The zero-order chi connectivity index (χ0) is 14.4. The van der Waals surface area contributed by atoms with Crippen LogP contribution in [0.15, 0.2) is 4.52 Å². The molecule has 0 aliphatic carbocycles. The van der Waals surface area contributed by atoms with E-state index in [9.17, 15) is 0 Å². The number of ether oxygens (including phenoxy) is 2. The molecule has 3 unspecified atom stereocenters. The summed E-state index contributed by atoms with van der Waals surface area (Å²) in [5, 5.41) is 7.60. The summed E-state index contributed by atoms with van der Waals surface area (Å²) in [6.45, 7) is 6.62. The van der Waals surface area contributed by atoms with Crippen LogP contribution in [0, 0.1) is 0 Å². The highest BCUT2D eigenvalue weighted by atomic mass is 16.5. The van der Waals surface area contributed by atoms with Crippen molar-refractivity contribution in [2.75, 3.05) is 26.9 Å². The Balaban J connectivity index is 2.07. The van der Waals surface area contributed by atoms with E-state index in [0.29, 0.717) is 24.4 Å². The number of methoxy groups -OCH3 is 1. The van der Waals surface area contributed by atoms with Gasteiger partial charge in [-0.25, -0.2) is 0 Å². The van der Waals surface area contributed by atoms with E-state index in [-0.39, 0.29) is 12.0 Å². The van der Waals surface area contributed by atoms with Crippen LogP contribution in [0.2, 0.25) is 0 Å². The van der Waals surface area contributed by atoms with Crippen molar-refractivity contribution in [3.05, 3.63) is 11.7 Å². The average molecular weight is 283 g/mol. The fraction of sp³-hybridized carbons (Fsp3) is 0.857. The molecular weight excluding hydrogens is 258 g/mol. The summed E-state index contributed by atoms with van der Waals surface area (Å²) >= 11 is 0. The number of hydrogen-bond donors (Lipinski definition) is 1. The molecular formula is C14H25N3O3. The smallest absolute Gasteiger partial charge is 0.233 e. The lowest BCUT2D eigenvalue weighted by atomic mass is 9.95. The molecule has 0 spiro atoms. The van der Waals surface area contributed by atoms with Crippen LogP contribution in [0.3, 0.4) is 0 Å². The maximum absolute atomic E-state index is 5.57. The van der Waals surface area contributed by atoms with Crippen molar-refractivity contribution < 1.29 is 14.0 Å². The van der Waals surface area contributed by atoms with Gasteiger partial charge in [-0.3, -0.25) is 0 Å². The summed E-state index contributed by atoms with van der Waals surface area (Å²) in [7, 11) is 1.67. The van der Waals surface area contributed by atoms with Gasteiger partial charge in [0.25, 0.3) is 0 Å². The Morgan fingerprint density at radius 1 is 1.45 bits per heavy atom. The zero-order valence-corrected chi connectivity index (χ0v) is 12.6. The highest BCUT2D eigenvalue weighted by Gasteiger charge is 2.32. The van der Waals surface area contributed by atoms with Crippen LogP contribution in [0.25, 0.3) is 0 Å². The first-order valence-corrected chi connectivity index (χ1v) is 7.47. The van der Waals surface area contributed by atoms with Gasteiger partial charge in [-0.2, -0.15) is 4.98 Å². The van der Waals surface area contributed by atoms with Gasteiger partial charge < -0.3 is 19.3 Å². The van der Waals surface area contributed by atoms with E-state index in [0.717, 1.165) is 32.4 Å². The van der Waals surface area contributed by atoms with Crippen LogP contribution in [0.4, 0.5) is 0 Å². The number of nitrogens with one attached hydrogen (secondary N) is 1. The minimum Gasteiger partial charge on any atom is -0.381 e. The van der Waals surface area contributed by atoms with Crippen LogP contribution in [-0.2, 0) is 9.47 Å². The molecule has 3 atom stereocenters. The molecule has 0 amide bonds. The van der Waals surface area contributed by atoms with Gasteiger partial charge in [0.2, 0.25) is 11.7 Å². The van der Waals surface area contributed by atoms with E-state index in [1.807, 2.05) is 6.92 Å². The minimum atomic E-state index is -0.0981.